The number of phenols is 1. The van der Waals surface area contributed by atoms with Crippen molar-refractivity contribution in [1.82, 2.24) is 25.0 Å². The van der Waals surface area contributed by atoms with Gasteiger partial charge in [0.25, 0.3) is 5.91 Å². The summed E-state index contributed by atoms with van der Waals surface area (Å²) in [5.41, 5.74) is 2.91. The number of phenolic OH excluding ortho intramolecular Hbond substituents is 1. The number of anilines is 2. The summed E-state index contributed by atoms with van der Waals surface area (Å²) in [6.07, 6.45) is 3.89. The summed E-state index contributed by atoms with van der Waals surface area (Å²) in [6.45, 7) is 0.594. The minimum atomic E-state index is -0.546. The highest BCUT2D eigenvalue weighted by molar-refractivity contribution is 7.17. The topological polar surface area (TPSA) is 144 Å². The molecule has 3 aromatic heterocycles. The number of methoxy groups -OCH3 is 1. The van der Waals surface area contributed by atoms with Gasteiger partial charge in [0, 0.05) is 18.7 Å². The van der Waals surface area contributed by atoms with Crippen molar-refractivity contribution in [3.63, 3.8) is 0 Å². The molecule has 0 aliphatic rings. The average Bonchev–Trinajstić information content (AvgIpc) is 3.59. The molecule has 0 fully saturated rings. The van der Waals surface area contributed by atoms with Gasteiger partial charge in [0.05, 0.1) is 46.0 Å². The molecule has 0 aliphatic carbocycles. The smallest absolute Gasteiger partial charge is 0.337 e. The van der Waals surface area contributed by atoms with Crippen molar-refractivity contribution in [3.8, 4) is 11.4 Å². The van der Waals surface area contributed by atoms with Crippen LogP contribution >= 0.6 is 11.3 Å². The van der Waals surface area contributed by atoms with Crippen LogP contribution in [-0.2, 0) is 11.2 Å². The Bertz CT molecular complexity index is 1600. The predicted molar refractivity (Wildman–Crippen MR) is 138 cm³/mol. The lowest BCUT2D eigenvalue weighted by atomic mass is 10.1. The largest absolute Gasteiger partial charge is 0.507 e. The van der Waals surface area contributed by atoms with Gasteiger partial charge in [-0.15, -0.1) is 16.4 Å². The first-order chi connectivity index (χ1) is 18.0. The maximum absolute atomic E-state index is 12.9. The summed E-state index contributed by atoms with van der Waals surface area (Å²) in [7, 11) is 1.28. The number of aromatic nitrogens is 5. The molecule has 0 unspecified atom stereocenters. The van der Waals surface area contributed by atoms with Crippen molar-refractivity contribution in [2.75, 3.05) is 24.3 Å². The molecule has 0 atom stereocenters. The lowest BCUT2D eigenvalue weighted by Crippen LogP contribution is -2.13. The van der Waals surface area contributed by atoms with E-state index < -0.39 is 11.9 Å². The zero-order valence-corrected chi connectivity index (χ0v) is 20.4. The number of benzene rings is 2. The van der Waals surface area contributed by atoms with Gasteiger partial charge in [-0.3, -0.25) is 4.79 Å². The molecule has 0 saturated carbocycles. The number of amides is 1. The molecule has 1 amide bonds. The first kappa shape index (κ1) is 23.9. The molecule has 37 heavy (non-hydrogen) atoms. The van der Waals surface area contributed by atoms with Crippen molar-refractivity contribution in [3.05, 3.63) is 83.3 Å². The number of ether oxygens (including phenoxy) is 1. The monoisotopic (exact) mass is 515 g/mol. The van der Waals surface area contributed by atoms with Crippen LogP contribution in [0.2, 0.25) is 0 Å². The van der Waals surface area contributed by atoms with Crippen LogP contribution in [0.3, 0.4) is 0 Å². The Morgan fingerprint density at radius 1 is 1.14 bits per heavy atom. The number of hydrogen-bond donors (Lipinski definition) is 3. The molecule has 5 aromatic rings. The van der Waals surface area contributed by atoms with Crippen LogP contribution < -0.4 is 10.6 Å². The SMILES string of the molecule is COC(=O)c1cccc(NC(=O)c2cc(-n3cc(CCNc4ncnc5ccsc45)nn3)ccc2O)c1. The van der Waals surface area contributed by atoms with Gasteiger partial charge in [-0.2, -0.15) is 0 Å². The van der Waals surface area contributed by atoms with Crippen molar-refractivity contribution in [2.45, 2.75) is 6.42 Å². The first-order valence-corrected chi connectivity index (χ1v) is 12.1. The second-order valence-corrected chi connectivity index (χ2v) is 8.83. The Hall–Kier alpha value is -4.84. The summed E-state index contributed by atoms with van der Waals surface area (Å²) in [4.78, 5) is 33.2. The van der Waals surface area contributed by atoms with E-state index in [1.165, 1.54) is 36.3 Å². The van der Waals surface area contributed by atoms with Gasteiger partial charge in [0.15, 0.2) is 0 Å². The molecule has 11 nitrogen and oxygen atoms in total. The van der Waals surface area contributed by atoms with E-state index in [1.54, 1.807) is 41.8 Å². The number of aromatic hydroxyl groups is 1. The van der Waals surface area contributed by atoms with Crippen molar-refractivity contribution >= 4 is 44.9 Å². The summed E-state index contributed by atoms with van der Waals surface area (Å²) < 4.78 is 7.24. The van der Waals surface area contributed by atoms with Crippen LogP contribution in [0.4, 0.5) is 11.5 Å². The Kier molecular flexibility index (Phi) is 6.72. The number of rotatable bonds is 8. The van der Waals surface area contributed by atoms with E-state index in [0.717, 1.165) is 21.7 Å². The predicted octanol–water partition coefficient (Wildman–Crippen LogP) is 3.67. The van der Waals surface area contributed by atoms with Gasteiger partial charge in [-0.05, 0) is 47.8 Å². The first-order valence-electron chi connectivity index (χ1n) is 11.2. The molecule has 3 heterocycles. The molecule has 2 aromatic carbocycles. The minimum Gasteiger partial charge on any atom is -0.507 e. The number of nitrogens with one attached hydrogen (secondary N) is 2. The van der Waals surface area contributed by atoms with Crippen molar-refractivity contribution < 1.29 is 19.4 Å². The Morgan fingerprint density at radius 2 is 2.03 bits per heavy atom. The third-order valence-electron chi connectivity index (χ3n) is 5.49. The molecule has 12 heteroatoms. The zero-order chi connectivity index (χ0) is 25.8. The summed E-state index contributed by atoms with van der Waals surface area (Å²) in [5.74, 6) is -0.482. The highest BCUT2D eigenvalue weighted by atomic mass is 32.1. The normalized spacial score (nSPS) is 10.8. The van der Waals surface area contributed by atoms with Crippen molar-refractivity contribution in [2.24, 2.45) is 0 Å². The number of carbonyl (C=O) groups is 2. The quantitative estimate of drug-likeness (QED) is 0.264. The maximum atomic E-state index is 12.9. The van der Waals surface area contributed by atoms with Crippen LogP contribution in [0.25, 0.3) is 15.9 Å². The molecular formula is C25H21N7O4S. The van der Waals surface area contributed by atoms with Gasteiger partial charge in [0.2, 0.25) is 0 Å². The van der Waals surface area contributed by atoms with Gasteiger partial charge in [0.1, 0.15) is 17.9 Å². The van der Waals surface area contributed by atoms with E-state index in [1.807, 2.05) is 11.4 Å². The summed E-state index contributed by atoms with van der Waals surface area (Å²) in [6, 6.07) is 12.8. The van der Waals surface area contributed by atoms with Gasteiger partial charge >= 0.3 is 5.97 Å². The van der Waals surface area contributed by atoms with Gasteiger partial charge in [-0.1, -0.05) is 11.3 Å². The number of thiophene rings is 1. The number of nitrogens with zero attached hydrogens (tertiary/aromatic N) is 5. The van der Waals surface area contributed by atoms with Gasteiger partial charge in [-0.25, -0.2) is 19.4 Å². The third kappa shape index (κ3) is 5.23. The molecule has 0 saturated heterocycles. The van der Waals surface area contributed by atoms with E-state index in [4.69, 9.17) is 4.74 Å². The fourth-order valence-electron chi connectivity index (χ4n) is 3.65. The van der Waals surface area contributed by atoms with Crippen LogP contribution in [0, 0.1) is 0 Å². The molecule has 0 radical (unpaired) electrons. The number of carbonyl (C=O) groups excluding carboxylic acids is 2. The lowest BCUT2D eigenvalue weighted by Gasteiger charge is -2.10. The minimum absolute atomic E-state index is 0.0448. The second-order valence-electron chi connectivity index (χ2n) is 7.92. The van der Waals surface area contributed by atoms with Crippen molar-refractivity contribution in [1.29, 1.82) is 0 Å². The lowest BCUT2D eigenvalue weighted by molar-refractivity contribution is 0.0600. The Morgan fingerprint density at radius 3 is 2.89 bits per heavy atom. The number of hydrogen-bond acceptors (Lipinski definition) is 10. The van der Waals surface area contributed by atoms with E-state index in [0.29, 0.717) is 29.9 Å². The van der Waals surface area contributed by atoms with Crippen LogP contribution in [-0.4, -0.2) is 55.6 Å². The van der Waals surface area contributed by atoms with E-state index in [9.17, 15) is 14.7 Å². The van der Waals surface area contributed by atoms with E-state index in [-0.39, 0.29) is 11.3 Å². The number of fused-ring (bicyclic) bond motifs is 1. The number of esters is 1. The molecule has 5 rings (SSSR count). The molecule has 186 valence electrons. The highest BCUT2D eigenvalue weighted by Crippen LogP contribution is 2.25. The molecule has 0 aliphatic heterocycles. The average molecular weight is 516 g/mol. The van der Waals surface area contributed by atoms with E-state index >= 15 is 0 Å². The van der Waals surface area contributed by atoms with Crippen LogP contribution in [0.1, 0.15) is 26.4 Å². The summed E-state index contributed by atoms with van der Waals surface area (Å²) >= 11 is 1.58. The molecule has 0 spiro atoms. The van der Waals surface area contributed by atoms with Crippen LogP contribution in [0.5, 0.6) is 5.75 Å². The Labute approximate surface area is 214 Å². The molecule has 3 N–H and O–H groups in total. The fraction of sp³-hybridized carbons (Fsp3) is 0.120. The van der Waals surface area contributed by atoms with Crippen LogP contribution in [0.15, 0.2) is 66.4 Å². The summed E-state index contributed by atoms with van der Waals surface area (Å²) in [5, 5.41) is 26.6. The fourth-order valence-corrected chi connectivity index (χ4v) is 4.46. The maximum Gasteiger partial charge on any atom is 0.337 e. The standard InChI is InChI=1S/C25H21N7O4S/c1-36-25(35)15-3-2-4-16(11-15)29-24(34)19-12-18(5-6-21(19)33)32-13-17(30-31-32)7-9-26-23-22-20(8-10-37-22)27-14-28-23/h2-6,8,10-14,33H,7,9H2,1H3,(H,29,34)(H,26,27,28). The molecular weight excluding hydrogens is 494 g/mol. The molecule has 0 bridgehead atoms. The highest BCUT2D eigenvalue weighted by Gasteiger charge is 2.15. The second kappa shape index (κ2) is 10.4. The van der Waals surface area contributed by atoms with E-state index in [2.05, 4.69) is 30.9 Å². The zero-order valence-electron chi connectivity index (χ0n) is 19.6. The van der Waals surface area contributed by atoms with Gasteiger partial charge < -0.3 is 20.5 Å². The Balaban J connectivity index is 1.26. The third-order valence-corrected chi connectivity index (χ3v) is 6.40.